The van der Waals surface area contributed by atoms with Gasteiger partial charge in [0.1, 0.15) is 0 Å². The number of amides is 1. The lowest BCUT2D eigenvalue weighted by Crippen LogP contribution is -2.34. The summed E-state index contributed by atoms with van der Waals surface area (Å²) in [5.74, 6) is 1.04. The lowest BCUT2D eigenvalue weighted by Gasteiger charge is -2.14. The van der Waals surface area contributed by atoms with E-state index >= 15 is 0 Å². The molecule has 1 unspecified atom stereocenters. The zero-order valence-corrected chi connectivity index (χ0v) is 13.5. The Morgan fingerprint density at radius 3 is 2.70 bits per heavy atom. The number of aromatic nitrogens is 2. The number of carbonyl (C=O) groups excluding carboxylic acids is 1. The molecular weight excluding hydrogens is 274 g/mol. The smallest absolute Gasteiger partial charge is 0.230 e. The van der Waals surface area contributed by atoms with E-state index < -0.39 is 0 Å². The maximum atomic E-state index is 11.8. The Hall–Kier alpha value is -1.01. The molecular formula is C14H25N3O2S. The van der Waals surface area contributed by atoms with Crippen LogP contribution in [0.25, 0.3) is 0 Å². The first-order chi connectivity index (χ1) is 9.43. The molecule has 0 bridgehead atoms. The van der Waals surface area contributed by atoms with Gasteiger partial charge in [0, 0.05) is 13.1 Å². The molecule has 0 aliphatic rings. The van der Waals surface area contributed by atoms with Gasteiger partial charge in [-0.1, -0.05) is 25.6 Å². The third-order valence-electron chi connectivity index (χ3n) is 3.12. The van der Waals surface area contributed by atoms with Gasteiger partial charge < -0.3 is 15.0 Å². The highest BCUT2D eigenvalue weighted by Crippen LogP contribution is 2.17. The van der Waals surface area contributed by atoms with Crippen molar-refractivity contribution in [2.45, 2.75) is 51.4 Å². The zero-order valence-electron chi connectivity index (χ0n) is 12.7. The number of thioether (sulfide) groups is 1. The molecule has 1 aromatic heterocycles. The summed E-state index contributed by atoms with van der Waals surface area (Å²) in [5.41, 5.74) is 0.748. The largest absolute Gasteiger partial charge is 0.390 e. The number of hydrogen-bond acceptors (Lipinski definition) is 4. The molecule has 114 valence electrons. The molecule has 0 saturated carbocycles. The number of nitrogens with one attached hydrogen (secondary N) is 1. The molecule has 0 fully saturated rings. The minimum Gasteiger partial charge on any atom is -0.390 e. The van der Waals surface area contributed by atoms with E-state index in [1.54, 1.807) is 10.8 Å². The first-order valence-corrected chi connectivity index (χ1v) is 7.96. The number of aliphatic hydroxyl groups excluding tert-OH is 1. The number of rotatable bonds is 8. The quantitative estimate of drug-likeness (QED) is 0.720. The van der Waals surface area contributed by atoms with E-state index in [4.69, 9.17) is 5.11 Å². The van der Waals surface area contributed by atoms with Gasteiger partial charge in [-0.3, -0.25) is 4.79 Å². The number of imidazole rings is 1. The summed E-state index contributed by atoms with van der Waals surface area (Å²) < 4.78 is 1.81. The van der Waals surface area contributed by atoms with Gasteiger partial charge in [0.05, 0.1) is 24.3 Å². The van der Waals surface area contributed by atoms with Crippen molar-refractivity contribution in [2.24, 2.45) is 13.0 Å². The second kappa shape index (κ2) is 8.32. The van der Waals surface area contributed by atoms with E-state index in [0.717, 1.165) is 23.7 Å². The van der Waals surface area contributed by atoms with Crippen molar-refractivity contribution in [2.75, 3.05) is 5.75 Å². The van der Waals surface area contributed by atoms with Crippen LogP contribution in [0.1, 0.15) is 39.3 Å². The van der Waals surface area contributed by atoms with Gasteiger partial charge in [-0.2, -0.15) is 0 Å². The normalized spacial score (nSPS) is 12.7. The molecule has 0 spiro atoms. The van der Waals surface area contributed by atoms with E-state index in [1.807, 2.05) is 14.0 Å². The maximum Gasteiger partial charge on any atom is 0.230 e. The first kappa shape index (κ1) is 17.0. The van der Waals surface area contributed by atoms with Crippen LogP contribution in [0, 0.1) is 5.92 Å². The third kappa shape index (κ3) is 5.54. The molecule has 6 heteroatoms. The van der Waals surface area contributed by atoms with Gasteiger partial charge in [0.2, 0.25) is 5.91 Å². The SMILES string of the molecule is CC(C)CCC(C)NC(=O)CSc1ncc(CO)n1C. The number of nitrogens with zero attached hydrogens (tertiary/aromatic N) is 2. The van der Waals surface area contributed by atoms with Crippen molar-refractivity contribution in [1.82, 2.24) is 14.9 Å². The molecule has 1 atom stereocenters. The Morgan fingerprint density at radius 1 is 1.45 bits per heavy atom. The molecule has 0 aliphatic heterocycles. The van der Waals surface area contributed by atoms with Crippen molar-refractivity contribution < 1.29 is 9.90 Å². The van der Waals surface area contributed by atoms with Gasteiger partial charge in [0.15, 0.2) is 5.16 Å². The van der Waals surface area contributed by atoms with Crippen molar-refractivity contribution in [3.8, 4) is 0 Å². The first-order valence-electron chi connectivity index (χ1n) is 6.97. The van der Waals surface area contributed by atoms with Gasteiger partial charge in [-0.25, -0.2) is 4.98 Å². The highest BCUT2D eigenvalue weighted by atomic mass is 32.2. The third-order valence-corrected chi connectivity index (χ3v) is 4.16. The molecule has 1 heterocycles. The van der Waals surface area contributed by atoms with Gasteiger partial charge in [-0.15, -0.1) is 0 Å². The zero-order chi connectivity index (χ0) is 15.1. The topological polar surface area (TPSA) is 67.2 Å². The van der Waals surface area contributed by atoms with Crippen molar-refractivity contribution in [3.05, 3.63) is 11.9 Å². The fourth-order valence-corrected chi connectivity index (χ4v) is 2.59. The molecule has 1 aromatic rings. The summed E-state index contributed by atoms with van der Waals surface area (Å²) in [6, 6.07) is 0.208. The maximum absolute atomic E-state index is 11.8. The van der Waals surface area contributed by atoms with Gasteiger partial charge in [0.25, 0.3) is 0 Å². The molecule has 0 radical (unpaired) electrons. The second-order valence-corrected chi connectivity index (χ2v) is 6.42. The molecule has 1 rings (SSSR count). The Labute approximate surface area is 125 Å². The van der Waals surface area contributed by atoms with Crippen LogP contribution >= 0.6 is 11.8 Å². The summed E-state index contributed by atoms with van der Waals surface area (Å²) in [7, 11) is 1.84. The summed E-state index contributed by atoms with van der Waals surface area (Å²) in [4.78, 5) is 16.0. The highest BCUT2D eigenvalue weighted by Gasteiger charge is 2.11. The Morgan fingerprint density at radius 2 is 2.15 bits per heavy atom. The molecule has 20 heavy (non-hydrogen) atoms. The van der Waals surface area contributed by atoms with E-state index in [1.165, 1.54) is 11.8 Å². The standard InChI is InChI=1S/C14H25N3O2S/c1-10(2)5-6-11(3)16-13(19)9-20-14-15-7-12(8-18)17(14)4/h7,10-11,18H,5-6,8-9H2,1-4H3,(H,16,19). The molecule has 5 nitrogen and oxygen atoms in total. The Kier molecular flexibility index (Phi) is 7.09. The van der Waals surface area contributed by atoms with Crippen LogP contribution in [-0.2, 0) is 18.4 Å². The Bertz CT molecular complexity index is 432. The molecule has 0 saturated heterocycles. The van der Waals surface area contributed by atoms with E-state index in [9.17, 15) is 4.79 Å². The van der Waals surface area contributed by atoms with Crippen LogP contribution in [0.15, 0.2) is 11.4 Å². The van der Waals surface area contributed by atoms with Crippen molar-refractivity contribution >= 4 is 17.7 Å². The molecule has 1 amide bonds. The van der Waals surface area contributed by atoms with Gasteiger partial charge >= 0.3 is 0 Å². The number of aliphatic hydroxyl groups is 1. The number of hydrogen-bond donors (Lipinski definition) is 2. The van der Waals surface area contributed by atoms with Crippen LogP contribution in [0.5, 0.6) is 0 Å². The fraction of sp³-hybridized carbons (Fsp3) is 0.714. The van der Waals surface area contributed by atoms with E-state index in [2.05, 4.69) is 24.1 Å². The fourth-order valence-electron chi connectivity index (χ4n) is 1.81. The number of carbonyl (C=O) groups is 1. The van der Waals surface area contributed by atoms with Crippen molar-refractivity contribution in [3.63, 3.8) is 0 Å². The monoisotopic (exact) mass is 299 g/mol. The van der Waals surface area contributed by atoms with Gasteiger partial charge in [-0.05, 0) is 25.7 Å². The van der Waals surface area contributed by atoms with Crippen LogP contribution < -0.4 is 5.32 Å². The van der Waals surface area contributed by atoms with Crippen molar-refractivity contribution in [1.29, 1.82) is 0 Å². The molecule has 0 aromatic carbocycles. The average Bonchev–Trinajstić information content (AvgIpc) is 2.74. The summed E-state index contributed by atoms with van der Waals surface area (Å²) in [6.07, 6.45) is 3.75. The summed E-state index contributed by atoms with van der Waals surface area (Å²) in [6.45, 7) is 6.37. The van der Waals surface area contributed by atoms with E-state index in [0.29, 0.717) is 11.7 Å². The summed E-state index contributed by atoms with van der Waals surface area (Å²) in [5, 5.41) is 12.8. The van der Waals surface area contributed by atoms with Crippen LogP contribution in [-0.4, -0.2) is 32.4 Å². The predicted octanol–water partition coefficient (Wildman–Crippen LogP) is 1.95. The average molecular weight is 299 g/mol. The van der Waals surface area contributed by atoms with E-state index in [-0.39, 0.29) is 18.6 Å². The van der Waals surface area contributed by atoms with Crippen LogP contribution in [0.4, 0.5) is 0 Å². The minimum absolute atomic E-state index is 0.0276. The molecule has 2 N–H and O–H groups in total. The van der Waals surface area contributed by atoms with Crippen LogP contribution in [0.3, 0.4) is 0 Å². The lowest BCUT2D eigenvalue weighted by atomic mass is 10.0. The molecule has 0 aliphatic carbocycles. The lowest BCUT2D eigenvalue weighted by molar-refractivity contribution is -0.119. The van der Waals surface area contributed by atoms with Crippen LogP contribution in [0.2, 0.25) is 0 Å². The summed E-state index contributed by atoms with van der Waals surface area (Å²) >= 11 is 1.39. The minimum atomic E-state index is -0.0392. The highest BCUT2D eigenvalue weighted by molar-refractivity contribution is 7.99. The second-order valence-electron chi connectivity index (χ2n) is 5.48. The predicted molar refractivity (Wildman–Crippen MR) is 81.5 cm³/mol. The Balaban J connectivity index is 2.34.